The highest BCUT2D eigenvalue weighted by Gasteiger charge is 2.34. The quantitative estimate of drug-likeness (QED) is 0.491. The highest BCUT2D eigenvalue weighted by Crippen LogP contribution is 2.37. The Balaban J connectivity index is 2.13. The minimum atomic E-state index is -0.671. The van der Waals surface area contributed by atoms with Crippen LogP contribution in [0.25, 0.3) is 0 Å². The van der Waals surface area contributed by atoms with Gasteiger partial charge in [-0.2, -0.15) is 0 Å². The molecule has 114 valence electrons. The minimum Gasteiger partial charge on any atom is -0.396 e. The zero-order chi connectivity index (χ0) is 15.5. The number of rotatable bonds is 5. The summed E-state index contributed by atoms with van der Waals surface area (Å²) in [6.45, 7) is 0.284. The van der Waals surface area contributed by atoms with Crippen LogP contribution in [0.2, 0.25) is 5.15 Å². The topological polar surface area (TPSA) is 105 Å². The number of halogens is 1. The van der Waals surface area contributed by atoms with Gasteiger partial charge < -0.3 is 10.4 Å². The third-order valence-corrected chi connectivity index (χ3v) is 4.12. The summed E-state index contributed by atoms with van der Waals surface area (Å²) in [7, 11) is 0. The number of hydrogen-bond donors (Lipinski definition) is 2. The van der Waals surface area contributed by atoms with E-state index < -0.39 is 10.8 Å². The molecule has 1 aliphatic rings. The number of pyridine rings is 1. The van der Waals surface area contributed by atoms with Crippen LogP contribution in [0.3, 0.4) is 0 Å². The predicted octanol–water partition coefficient (Wildman–Crippen LogP) is 1.93. The van der Waals surface area contributed by atoms with Gasteiger partial charge in [0.25, 0.3) is 11.6 Å². The van der Waals surface area contributed by atoms with Crippen molar-refractivity contribution in [3.8, 4) is 0 Å². The smallest absolute Gasteiger partial charge is 0.300 e. The summed E-state index contributed by atoms with van der Waals surface area (Å²) in [5.74, 6) is -0.578. The summed E-state index contributed by atoms with van der Waals surface area (Å²) in [5.41, 5.74) is -0.825. The summed E-state index contributed by atoms with van der Waals surface area (Å²) in [4.78, 5) is 26.0. The second-order valence-electron chi connectivity index (χ2n) is 5.33. The van der Waals surface area contributed by atoms with Gasteiger partial charge in [-0.25, -0.2) is 4.98 Å². The molecular formula is C13H16ClN3O4. The van der Waals surface area contributed by atoms with Gasteiger partial charge in [-0.1, -0.05) is 24.4 Å². The highest BCUT2D eigenvalue weighted by molar-refractivity contribution is 6.29. The van der Waals surface area contributed by atoms with Crippen molar-refractivity contribution in [2.24, 2.45) is 5.41 Å². The van der Waals surface area contributed by atoms with E-state index in [9.17, 15) is 20.0 Å². The molecule has 0 aliphatic heterocycles. The van der Waals surface area contributed by atoms with E-state index in [1.807, 2.05) is 0 Å². The second-order valence-corrected chi connectivity index (χ2v) is 5.72. The SMILES string of the molecule is O=C(NCC1(CO)CCCC1)c1cc(Cl)ncc1[N+](=O)[O-]. The molecule has 21 heavy (non-hydrogen) atoms. The van der Waals surface area contributed by atoms with Gasteiger partial charge in [0.2, 0.25) is 0 Å². The maximum Gasteiger partial charge on any atom is 0.300 e. The Morgan fingerprint density at radius 2 is 2.19 bits per heavy atom. The summed E-state index contributed by atoms with van der Waals surface area (Å²) >= 11 is 5.69. The first-order chi connectivity index (χ1) is 9.97. The lowest BCUT2D eigenvalue weighted by Gasteiger charge is -2.26. The molecule has 1 heterocycles. The minimum absolute atomic E-state index is 0.00747. The third-order valence-electron chi connectivity index (χ3n) is 3.91. The number of nitro groups is 1. The average Bonchev–Trinajstić information content (AvgIpc) is 2.94. The van der Waals surface area contributed by atoms with E-state index in [0.717, 1.165) is 31.9 Å². The first-order valence-corrected chi connectivity index (χ1v) is 7.04. The fourth-order valence-corrected chi connectivity index (χ4v) is 2.79. The lowest BCUT2D eigenvalue weighted by Crippen LogP contribution is -2.38. The van der Waals surface area contributed by atoms with Crippen LogP contribution in [-0.2, 0) is 0 Å². The van der Waals surface area contributed by atoms with Crippen molar-refractivity contribution in [1.29, 1.82) is 0 Å². The molecule has 8 heteroatoms. The van der Waals surface area contributed by atoms with Crippen molar-refractivity contribution in [2.75, 3.05) is 13.2 Å². The molecule has 0 radical (unpaired) electrons. The van der Waals surface area contributed by atoms with Crippen molar-refractivity contribution in [3.05, 3.63) is 33.1 Å². The average molecular weight is 314 g/mol. The fourth-order valence-electron chi connectivity index (χ4n) is 2.63. The van der Waals surface area contributed by atoms with E-state index in [0.29, 0.717) is 6.54 Å². The van der Waals surface area contributed by atoms with E-state index in [1.54, 1.807) is 0 Å². The van der Waals surface area contributed by atoms with Gasteiger partial charge in [0.1, 0.15) is 16.9 Å². The molecular weight excluding hydrogens is 298 g/mol. The summed E-state index contributed by atoms with van der Waals surface area (Å²) < 4.78 is 0. The summed E-state index contributed by atoms with van der Waals surface area (Å²) in [6, 6.07) is 1.18. The molecule has 1 aromatic rings. The molecule has 1 aliphatic carbocycles. The molecule has 1 fully saturated rings. The van der Waals surface area contributed by atoms with Crippen LogP contribution in [0.4, 0.5) is 5.69 Å². The Morgan fingerprint density at radius 3 is 2.76 bits per heavy atom. The second kappa shape index (κ2) is 6.36. The summed E-state index contributed by atoms with van der Waals surface area (Å²) in [6.07, 6.45) is 4.66. The molecule has 2 rings (SSSR count). The van der Waals surface area contributed by atoms with Gasteiger partial charge in [-0.05, 0) is 18.9 Å². The van der Waals surface area contributed by atoms with E-state index in [2.05, 4.69) is 10.3 Å². The van der Waals surface area contributed by atoms with Crippen molar-refractivity contribution >= 4 is 23.2 Å². The van der Waals surface area contributed by atoms with Crippen LogP contribution in [0, 0.1) is 15.5 Å². The summed E-state index contributed by atoms with van der Waals surface area (Å²) in [5, 5.41) is 23.1. The van der Waals surface area contributed by atoms with Crippen molar-refractivity contribution in [3.63, 3.8) is 0 Å². The van der Waals surface area contributed by atoms with Gasteiger partial charge in [0, 0.05) is 12.0 Å². The predicted molar refractivity (Wildman–Crippen MR) is 76.2 cm³/mol. The number of aromatic nitrogens is 1. The molecule has 0 aromatic carbocycles. The number of nitrogens with zero attached hydrogens (tertiary/aromatic N) is 2. The number of carbonyl (C=O) groups excluding carboxylic acids is 1. The fraction of sp³-hybridized carbons (Fsp3) is 0.538. The monoisotopic (exact) mass is 313 g/mol. The molecule has 2 N–H and O–H groups in total. The van der Waals surface area contributed by atoms with Crippen molar-refractivity contribution in [2.45, 2.75) is 25.7 Å². The van der Waals surface area contributed by atoms with Crippen LogP contribution in [0.5, 0.6) is 0 Å². The van der Waals surface area contributed by atoms with Gasteiger partial charge in [-0.3, -0.25) is 14.9 Å². The zero-order valence-corrected chi connectivity index (χ0v) is 12.1. The van der Waals surface area contributed by atoms with Crippen LogP contribution in [-0.4, -0.2) is 34.1 Å². The Kier molecular flexibility index (Phi) is 4.74. The third kappa shape index (κ3) is 3.48. The lowest BCUT2D eigenvalue weighted by molar-refractivity contribution is -0.385. The normalized spacial score (nSPS) is 16.7. The van der Waals surface area contributed by atoms with Gasteiger partial charge in [-0.15, -0.1) is 0 Å². The van der Waals surface area contributed by atoms with E-state index >= 15 is 0 Å². The molecule has 1 saturated carbocycles. The van der Waals surface area contributed by atoms with Crippen molar-refractivity contribution < 1.29 is 14.8 Å². The lowest BCUT2D eigenvalue weighted by atomic mass is 9.87. The largest absolute Gasteiger partial charge is 0.396 e. The van der Waals surface area contributed by atoms with Crippen molar-refractivity contribution in [1.82, 2.24) is 10.3 Å². The number of hydrogen-bond acceptors (Lipinski definition) is 5. The number of amides is 1. The van der Waals surface area contributed by atoms with E-state index in [1.165, 1.54) is 6.07 Å². The number of aliphatic hydroxyl groups excluding tert-OH is 1. The molecule has 0 spiro atoms. The first-order valence-electron chi connectivity index (χ1n) is 6.66. The maximum atomic E-state index is 12.2. The van der Waals surface area contributed by atoms with E-state index in [-0.39, 0.29) is 28.4 Å². The van der Waals surface area contributed by atoms with Gasteiger partial charge in [0.05, 0.1) is 11.5 Å². The molecule has 0 unspecified atom stereocenters. The molecule has 0 saturated heterocycles. The molecule has 1 amide bonds. The highest BCUT2D eigenvalue weighted by atomic mass is 35.5. The number of carbonyl (C=O) groups is 1. The van der Waals surface area contributed by atoms with Crippen LogP contribution in [0.1, 0.15) is 36.0 Å². The standard InChI is InChI=1S/C13H16ClN3O4/c14-11-5-9(10(6-15-11)17(20)21)12(19)16-7-13(8-18)3-1-2-4-13/h5-6,18H,1-4,7-8H2,(H,16,19). The maximum absolute atomic E-state index is 12.2. The first kappa shape index (κ1) is 15.7. The zero-order valence-electron chi connectivity index (χ0n) is 11.3. The van der Waals surface area contributed by atoms with E-state index in [4.69, 9.17) is 11.6 Å². The molecule has 1 aromatic heterocycles. The van der Waals surface area contributed by atoms with Crippen LogP contribution in [0.15, 0.2) is 12.3 Å². The molecule has 0 atom stereocenters. The Bertz CT molecular complexity index is 558. The van der Waals surface area contributed by atoms with Gasteiger partial charge in [0.15, 0.2) is 0 Å². The Morgan fingerprint density at radius 1 is 1.52 bits per heavy atom. The number of aliphatic hydroxyl groups is 1. The number of nitrogens with one attached hydrogen (secondary N) is 1. The Hall–Kier alpha value is -1.73. The van der Waals surface area contributed by atoms with Crippen LogP contribution >= 0.6 is 11.6 Å². The van der Waals surface area contributed by atoms with Gasteiger partial charge >= 0.3 is 0 Å². The molecule has 0 bridgehead atoms. The Labute approximate surface area is 126 Å². The van der Waals surface area contributed by atoms with Crippen LogP contribution < -0.4 is 5.32 Å². The molecule has 7 nitrogen and oxygen atoms in total.